The van der Waals surface area contributed by atoms with Gasteiger partial charge in [-0.3, -0.25) is 4.79 Å². The minimum atomic E-state index is -1.05. The van der Waals surface area contributed by atoms with Crippen LogP contribution < -0.4 is 4.90 Å². The molecule has 1 saturated heterocycles. The van der Waals surface area contributed by atoms with Crippen LogP contribution in [0.3, 0.4) is 0 Å². The number of ether oxygens (including phenoxy) is 1. The Hall–Kier alpha value is -1.88. The van der Waals surface area contributed by atoms with E-state index in [4.69, 9.17) is 9.84 Å². The SMILES string of the molecule is CC1CCC(C(=O)N(C)c2ccccc2C(=O)O)O1. The zero-order valence-electron chi connectivity index (χ0n) is 11.0. The molecule has 2 atom stereocenters. The summed E-state index contributed by atoms with van der Waals surface area (Å²) in [5.41, 5.74) is 0.507. The van der Waals surface area contributed by atoms with E-state index in [2.05, 4.69) is 0 Å². The quantitative estimate of drug-likeness (QED) is 0.904. The molecule has 1 fully saturated rings. The molecule has 1 heterocycles. The van der Waals surface area contributed by atoms with Gasteiger partial charge in [0.2, 0.25) is 0 Å². The number of nitrogens with zero attached hydrogens (tertiary/aromatic N) is 1. The lowest BCUT2D eigenvalue weighted by Gasteiger charge is -2.22. The Morgan fingerprint density at radius 1 is 1.32 bits per heavy atom. The fraction of sp³-hybridized carbons (Fsp3) is 0.429. The molecule has 2 unspecified atom stereocenters. The van der Waals surface area contributed by atoms with Gasteiger partial charge in [-0.05, 0) is 31.9 Å². The molecule has 19 heavy (non-hydrogen) atoms. The molecule has 0 spiro atoms. The van der Waals surface area contributed by atoms with Crippen LogP contribution in [-0.2, 0) is 9.53 Å². The van der Waals surface area contributed by atoms with Crippen LogP contribution in [0.15, 0.2) is 24.3 Å². The van der Waals surface area contributed by atoms with Crippen molar-refractivity contribution in [2.24, 2.45) is 0 Å². The summed E-state index contributed by atoms with van der Waals surface area (Å²) < 4.78 is 5.53. The molecule has 0 saturated carbocycles. The zero-order valence-corrected chi connectivity index (χ0v) is 11.0. The van der Waals surface area contributed by atoms with Gasteiger partial charge in [0.15, 0.2) is 0 Å². The van der Waals surface area contributed by atoms with Crippen molar-refractivity contribution in [3.63, 3.8) is 0 Å². The average Bonchev–Trinajstić information content (AvgIpc) is 2.83. The van der Waals surface area contributed by atoms with E-state index in [9.17, 15) is 9.59 Å². The first-order chi connectivity index (χ1) is 9.00. The Morgan fingerprint density at radius 2 is 2.00 bits per heavy atom. The van der Waals surface area contributed by atoms with E-state index in [0.29, 0.717) is 12.1 Å². The zero-order chi connectivity index (χ0) is 14.0. The van der Waals surface area contributed by atoms with E-state index in [-0.39, 0.29) is 17.6 Å². The van der Waals surface area contributed by atoms with Crippen LogP contribution in [0.5, 0.6) is 0 Å². The number of amides is 1. The Kier molecular flexibility index (Phi) is 3.85. The highest BCUT2D eigenvalue weighted by atomic mass is 16.5. The van der Waals surface area contributed by atoms with Gasteiger partial charge in [-0.15, -0.1) is 0 Å². The fourth-order valence-corrected chi connectivity index (χ4v) is 2.27. The van der Waals surface area contributed by atoms with Crippen LogP contribution in [0, 0.1) is 0 Å². The number of aromatic carboxylic acids is 1. The van der Waals surface area contributed by atoms with Crippen molar-refractivity contribution < 1.29 is 19.4 Å². The number of benzene rings is 1. The third-order valence-electron chi connectivity index (χ3n) is 3.33. The maximum Gasteiger partial charge on any atom is 0.337 e. The summed E-state index contributed by atoms with van der Waals surface area (Å²) in [6, 6.07) is 6.46. The number of rotatable bonds is 3. The number of para-hydroxylation sites is 1. The Labute approximate surface area is 111 Å². The van der Waals surface area contributed by atoms with Crippen molar-refractivity contribution in [3.05, 3.63) is 29.8 Å². The number of carbonyl (C=O) groups is 2. The summed E-state index contributed by atoms with van der Waals surface area (Å²) >= 11 is 0. The number of carboxylic acid groups (broad SMARTS) is 1. The van der Waals surface area contributed by atoms with Crippen LogP contribution in [0.25, 0.3) is 0 Å². The predicted octanol–water partition coefficient (Wildman–Crippen LogP) is 1.92. The van der Waals surface area contributed by atoms with Gasteiger partial charge in [0.05, 0.1) is 17.4 Å². The second-order valence-corrected chi connectivity index (χ2v) is 4.73. The highest BCUT2D eigenvalue weighted by molar-refractivity contribution is 6.03. The molecular weight excluding hydrogens is 246 g/mol. The molecule has 1 aliphatic heterocycles. The molecule has 5 heteroatoms. The van der Waals surface area contributed by atoms with Crippen LogP contribution in [0.1, 0.15) is 30.1 Å². The molecule has 1 aromatic carbocycles. The standard InChI is InChI=1S/C14H17NO4/c1-9-7-8-12(19-9)13(16)15(2)11-6-4-3-5-10(11)14(17)18/h3-6,9,12H,7-8H2,1-2H3,(H,17,18). The average molecular weight is 263 g/mol. The maximum atomic E-state index is 12.3. The van der Waals surface area contributed by atoms with Crippen LogP contribution in [0.2, 0.25) is 0 Å². The highest BCUT2D eigenvalue weighted by Gasteiger charge is 2.31. The molecule has 0 bridgehead atoms. The summed E-state index contributed by atoms with van der Waals surface area (Å²) in [5, 5.41) is 9.13. The van der Waals surface area contributed by atoms with E-state index >= 15 is 0 Å². The van der Waals surface area contributed by atoms with Gasteiger partial charge < -0.3 is 14.7 Å². The third kappa shape index (κ3) is 2.76. The highest BCUT2D eigenvalue weighted by Crippen LogP contribution is 2.25. The lowest BCUT2D eigenvalue weighted by atomic mass is 10.1. The second kappa shape index (κ2) is 5.40. The van der Waals surface area contributed by atoms with Crippen molar-refractivity contribution in [1.82, 2.24) is 0 Å². The van der Waals surface area contributed by atoms with E-state index in [1.54, 1.807) is 25.2 Å². The Bertz CT molecular complexity index is 500. The molecule has 0 radical (unpaired) electrons. The van der Waals surface area contributed by atoms with Gasteiger partial charge in [0, 0.05) is 7.05 Å². The molecule has 1 aliphatic rings. The normalized spacial score (nSPS) is 22.2. The molecule has 0 aliphatic carbocycles. The number of anilines is 1. The minimum absolute atomic E-state index is 0.0806. The lowest BCUT2D eigenvalue weighted by molar-refractivity contribution is -0.128. The van der Waals surface area contributed by atoms with Crippen LogP contribution in [0.4, 0.5) is 5.69 Å². The van der Waals surface area contributed by atoms with Gasteiger partial charge in [-0.2, -0.15) is 0 Å². The lowest BCUT2D eigenvalue weighted by Crippen LogP contribution is -2.37. The van der Waals surface area contributed by atoms with E-state index in [0.717, 1.165) is 6.42 Å². The molecular formula is C14H17NO4. The van der Waals surface area contributed by atoms with Crippen molar-refractivity contribution in [3.8, 4) is 0 Å². The second-order valence-electron chi connectivity index (χ2n) is 4.73. The van der Waals surface area contributed by atoms with Crippen molar-refractivity contribution in [1.29, 1.82) is 0 Å². The number of hydrogen-bond acceptors (Lipinski definition) is 3. The van der Waals surface area contributed by atoms with Crippen molar-refractivity contribution >= 4 is 17.6 Å². The summed E-state index contributed by atoms with van der Waals surface area (Å²) in [5.74, 6) is -1.24. The first kappa shape index (κ1) is 13.5. The monoisotopic (exact) mass is 263 g/mol. The minimum Gasteiger partial charge on any atom is -0.478 e. The van der Waals surface area contributed by atoms with E-state index in [1.807, 2.05) is 6.92 Å². The summed E-state index contributed by atoms with van der Waals surface area (Å²) in [7, 11) is 1.58. The summed E-state index contributed by atoms with van der Waals surface area (Å²) in [4.78, 5) is 24.8. The predicted molar refractivity (Wildman–Crippen MR) is 70.4 cm³/mol. The summed E-state index contributed by atoms with van der Waals surface area (Å²) in [6.45, 7) is 1.93. The smallest absolute Gasteiger partial charge is 0.337 e. The van der Waals surface area contributed by atoms with Gasteiger partial charge in [-0.25, -0.2) is 4.79 Å². The Balaban J connectivity index is 2.22. The number of likely N-dealkylation sites (N-methyl/N-ethyl adjacent to an activating group) is 1. The maximum absolute atomic E-state index is 12.3. The first-order valence-corrected chi connectivity index (χ1v) is 6.26. The van der Waals surface area contributed by atoms with E-state index in [1.165, 1.54) is 11.0 Å². The third-order valence-corrected chi connectivity index (χ3v) is 3.33. The topological polar surface area (TPSA) is 66.8 Å². The summed E-state index contributed by atoms with van der Waals surface area (Å²) in [6.07, 6.45) is 1.14. The number of carbonyl (C=O) groups excluding carboxylic acids is 1. The van der Waals surface area contributed by atoms with Crippen LogP contribution in [-0.4, -0.2) is 36.2 Å². The van der Waals surface area contributed by atoms with Gasteiger partial charge in [0.25, 0.3) is 5.91 Å². The van der Waals surface area contributed by atoms with Crippen LogP contribution >= 0.6 is 0 Å². The number of hydrogen-bond donors (Lipinski definition) is 1. The largest absolute Gasteiger partial charge is 0.478 e. The molecule has 5 nitrogen and oxygen atoms in total. The van der Waals surface area contributed by atoms with E-state index < -0.39 is 12.1 Å². The first-order valence-electron chi connectivity index (χ1n) is 6.26. The molecule has 1 N–H and O–H groups in total. The van der Waals surface area contributed by atoms with Gasteiger partial charge in [0.1, 0.15) is 6.10 Å². The molecule has 2 rings (SSSR count). The Morgan fingerprint density at radius 3 is 2.58 bits per heavy atom. The molecule has 1 amide bonds. The fourth-order valence-electron chi connectivity index (χ4n) is 2.27. The molecule has 0 aromatic heterocycles. The molecule has 102 valence electrons. The van der Waals surface area contributed by atoms with Gasteiger partial charge >= 0.3 is 5.97 Å². The van der Waals surface area contributed by atoms with Gasteiger partial charge in [-0.1, -0.05) is 12.1 Å². The van der Waals surface area contributed by atoms with Crippen molar-refractivity contribution in [2.45, 2.75) is 32.0 Å². The molecule has 1 aromatic rings. The number of carboxylic acids is 1. The van der Waals surface area contributed by atoms with Crippen molar-refractivity contribution in [2.75, 3.05) is 11.9 Å².